The zero-order valence-electron chi connectivity index (χ0n) is 10.8. The van der Waals surface area contributed by atoms with Gasteiger partial charge in [-0.1, -0.05) is 11.3 Å². The molecule has 0 aliphatic rings. The fourth-order valence-corrected chi connectivity index (χ4v) is 3.03. The van der Waals surface area contributed by atoms with Crippen molar-refractivity contribution in [1.29, 1.82) is 0 Å². The van der Waals surface area contributed by atoms with E-state index in [0.717, 1.165) is 35.4 Å². The van der Waals surface area contributed by atoms with Gasteiger partial charge in [0.15, 0.2) is 5.13 Å². The quantitative estimate of drug-likeness (QED) is 0.804. The van der Waals surface area contributed by atoms with E-state index in [1.54, 1.807) is 6.07 Å². The molecule has 19 heavy (non-hydrogen) atoms. The maximum Gasteiger partial charge on any atom is 0.251 e. The Morgan fingerprint density at radius 1 is 1.47 bits per heavy atom. The third-order valence-corrected chi connectivity index (χ3v) is 4.27. The maximum absolute atomic E-state index is 12.0. The molecule has 2 aromatic rings. The van der Waals surface area contributed by atoms with Gasteiger partial charge in [0.2, 0.25) is 0 Å². The van der Waals surface area contributed by atoms with Gasteiger partial charge < -0.3 is 11.1 Å². The average Bonchev–Trinajstić information content (AvgIpc) is 2.77. The first kappa shape index (κ1) is 14.1. The van der Waals surface area contributed by atoms with E-state index in [0.29, 0.717) is 10.7 Å². The van der Waals surface area contributed by atoms with Crippen LogP contribution in [-0.2, 0) is 0 Å². The highest BCUT2D eigenvalue weighted by Gasteiger charge is 2.08. The second-order valence-corrected chi connectivity index (χ2v) is 6.24. The van der Waals surface area contributed by atoms with Crippen LogP contribution in [0.1, 0.15) is 23.2 Å². The van der Waals surface area contributed by atoms with Crippen LogP contribution >= 0.6 is 23.1 Å². The number of carbonyl (C=O) groups is 1. The summed E-state index contributed by atoms with van der Waals surface area (Å²) in [5.74, 6) is 1.11. The number of unbranched alkanes of at least 4 members (excludes halogenated alkanes) is 1. The number of aromatic nitrogens is 1. The van der Waals surface area contributed by atoms with Gasteiger partial charge in [-0.25, -0.2) is 4.98 Å². The fourth-order valence-electron chi connectivity index (χ4n) is 1.76. The van der Waals surface area contributed by atoms with E-state index in [-0.39, 0.29) is 5.91 Å². The number of hydrogen-bond donors (Lipinski definition) is 2. The number of carbonyl (C=O) groups excluding carboxylic acids is 1. The molecule has 0 spiro atoms. The van der Waals surface area contributed by atoms with Gasteiger partial charge in [-0.05, 0) is 43.0 Å². The molecule has 6 heteroatoms. The third kappa shape index (κ3) is 3.84. The Hall–Kier alpha value is -1.27. The molecular formula is C13H17N3OS2. The van der Waals surface area contributed by atoms with Crippen LogP contribution in [0.2, 0.25) is 0 Å². The molecule has 0 radical (unpaired) electrons. The molecule has 4 nitrogen and oxygen atoms in total. The Kier molecular flexibility index (Phi) is 5.04. The normalized spacial score (nSPS) is 10.8. The summed E-state index contributed by atoms with van der Waals surface area (Å²) in [6, 6.07) is 5.48. The summed E-state index contributed by atoms with van der Waals surface area (Å²) in [4.78, 5) is 16.1. The summed E-state index contributed by atoms with van der Waals surface area (Å²) >= 11 is 3.23. The monoisotopic (exact) mass is 295 g/mol. The summed E-state index contributed by atoms with van der Waals surface area (Å²) in [5, 5.41) is 3.47. The van der Waals surface area contributed by atoms with Crippen LogP contribution < -0.4 is 11.1 Å². The Balaban J connectivity index is 1.93. The first-order chi connectivity index (χ1) is 9.20. The van der Waals surface area contributed by atoms with Crippen LogP contribution in [0.3, 0.4) is 0 Å². The van der Waals surface area contributed by atoms with Crippen molar-refractivity contribution < 1.29 is 4.79 Å². The molecule has 0 aliphatic heterocycles. The van der Waals surface area contributed by atoms with Crippen molar-refractivity contribution in [3.63, 3.8) is 0 Å². The topological polar surface area (TPSA) is 68.0 Å². The molecule has 0 fully saturated rings. The Morgan fingerprint density at radius 2 is 2.32 bits per heavy atom. The zero-order chi connectivity index (χ0) is 13.7. The predicted molar refractivity (Wildman–Crippen MR) is 84.0 cm³/mol. The number of nitrogens with two attached hydrogens (primary N) is 1. The van der Waals surface area contributed by atoms with E-state index < -0.39 is 0 Å². The number of thiazole rings is 1. The number of rotatable bonds is 6. The molecule has 1 aromatic heterocycles. The predicted octanol–water partition coefficient (Wildman–Crippen LogP) is 2.75. The molecule has 1 amide bonds. The summed E-state index contributed by atoms with van der Waals surface area (Å²) in [6.45, 7) is 0.724. The van der Waals surface area contributed by atoms with Crippen LogP contribution in [0.15, 0.2) is 18.2 Å². The molecule has 2 rings (SSSR count). The number of nitrogens with zero attached hydrogens (tertiary/aromatic N) is 1. The lowest BCUT2D eigenvalue weighted by atomic mass is 10.2. The van der Waals surface area contributed by atoms with Crippen LogP contribution in [0, 0.1) is 0 Å². The number of nitrogen functional groups attached to an aromatic ring is 1. The van der Waals surface area contributed by atoms with Crippen molar-refractivity contribution in [2.24, 2.45) is 0 Å². The molecule has 1 heterocycles. The van der Waals surface area contributed by atoms with Gasteiger partial charge in [0.1, 0.15) is 0 Å². The Morgan fingerprint density at radius 3 is 3.11 bits per heavy atom. The molecule has 0 saturated heterocycles. The van der Waals surface area contributed by atoms with E-state index in [9.17, 15) is 4.79 Å². The third-order valence-electron chi connectivity index (χ3n) is 2.73. The first-order valence-corrected chi connectivity index (χ1v) is 8.35. The molecule has 0 aliphatic carbocycles. The molecule has 102 valence electrons. The minimum Gasteiger partial charge on any atom is -0.375 e. The second-order valence-electron chi connectivity index (χ2n) is 4.19. The number of benzene rings is 1. The maximum atomic E-state index is 12.0. The van der Waals surface area contributed by atoms with Gasteiger partial charge in [-0.2, -0.15) is 11.8 Å². The lowest BCUT2D eigenvalue weighted by Crippen LogP contribution is -2.24. The highest BCUT2D eigenvalue weighted by molar-refractivity contribution is 7.98. The molecule has 3 N–H and O–H groups in total. The first-order valence-electron chi connectivity index (χ1n) is 6.14. The van der Waals surface area contributed by atoms with E-state index in [2.05, 4.69) is 16.6 Å². The summed E-state index contributed by atoms with van der Waals surface area (Å²) < 4.78 is 0.951. The van der Waals surface area contributed by atoms with E-state index in [1.807, 2.05) is 23.9 Å². The Bertz CT molecular complexity index is 568. The second kappa shape index (κ2) is 6.77. The lowest BCUT2D eigenvalue weighted by molar-refractivity contribution is 0.0953. The van der Waals surface area contributed by atoms with Crippen LogP contribution in [-0.4, -0.2) is 29.4 Å². The van der Waals surface area contributed by atoms with Gasteiger partial charge in [-0.3, -0.25) is 4.79 Å². The van der Waals surface area contributed by atoms with Crippen molar-refractivity contribution in [1.82, 2.24) is 10.3 Å². The van der Waals surface area contributed by atoms with E-state index >= 15 is 0 Å². The number of amides is 1. The van der Waals surface area contributed by atoms with Gasteiger partial charge >= 0.3 is 0 Å². The van der Waals surface area contributed by atoms with Crippen molar-refractivity contribution in [3.8, 4) is 0 Å². The van der Waals surface area contributed by atoms with Crippen LogP contribution in [0.25, 0.3) is 10.2 Å². The minimum atomic E-state index is -0.0296. The van der Waals surface area contributed by atoms with Crippen LogP contribution in [0.5, 0.6) is 0 Å². The standard InChI is InChI=1S/C13H17N3OS2/c1-18-7-3-2-6-15-12(17)9-4-5-10-11(8-9)19-13(14)16-10/h4-5,8H,2-3,6-7H2,1H3,(H2,14,16)(H,15,17). The molecule has 0 unspecified atom stereocenters. The van der Waals surface area contributed by atoms with Crippen molar-refractivity contribution >= 4 is 44.4 Å². The number of thioether (sulfide) groups is 1. The van der Waals surface area contributed by atoms with Gasteiger partial charge in [-0.15, -0.1) is 0 Å². The number of hydrogen-bond acceptors (Lipinski definition) is 5. The van der Waals surface area contributed by atoms with Crippen molar-refractivity contribution in [2.75, 3.05) is 24.3 Å². The SMILES string of the molecule is CSCCCCNC(=O)c1ccc2nc(N)sc2c1. The Labute approximate surface area is 120 Å². The molecule has 0 atom stereocenters. The average molecular weight is 295 g/mol. The summed E-state index contributed by atoms with van der Waals surface area (Å²) in [6.07, 6.45) is 4.24. The largest absolute Gasteiger partial charge is 0.375 e. The van der Waals surface area contributed by atoms with Gasteiger partial charge in [0.25, 0.3) is 5.91 Å². The van der Waals surface area contributed by atoms with E-state index in [4.69, 9.17) is 5.73 Å². The number of nitrogens with one attached hydrogen (secondary N) is 1. The number of anilines is 1. The van der Waals surface area contributed by atoms with E-state index in [1.165, 1.54) is 11.3 Å². The minimum absolute atomic E-state index is 0.0296. The molecule has 1 aromatic carbocycles. The fraction of sp³-hybridized carbons (Fsp3) is 0.385. The highest BCUT2D eigenvalue weighted by atomic mass is 32.2. The van der Waals surface area contributed by atoms with Crippen molar-refractivity contribution in [2.45, 2.75) is 12.8 Å². The summed E-state index contributed by atoms with van der Waals surface area (Å²) in [5.41, 5.74) is 7.16. The smallest absolute Gasteiger partial charge is 0.251 e. The van der Waals surface area contributed by atoms with Gasteiger partial charge in [0.05, 0.1) is 10.2 Å². The lowest BCUT2D eigenvalue weighted by Gasteiger charge is -2.04. The zero-order valence-corrected chi connectivity index (χ0v) is 12.4. The molecular weight excluding hydrogens is 278 g/mol. The van der Waals surface area contributed by atoms with Gasteiger partial charge in [0, 0.05) is 12.1 Å². The number of fused-ring (bicyclic) bond motifs is 1. The highest BCUT2D eigenvalue weighted by Crippen LogP contribution is 2.24. The summed E-state index contributed by atoms with van der Waals surface area (Å²) in [7, 11) is 0. The molecule has 0 bridgehead atoms. The van der Waals surface area contributed by atoms with Crippen LogP contribution in [0.4, 0.5) is 5.13 Å². The molecule has 0 saturated carbocycles. The van der Waals surface area contributed by atoms with Crippen molar-refractivity contribution in [3.05, 3.63) is 23.8 Å².